The first-order valence-electron chi connectivity index (χ1n) is 15.4. The lowest BCUT2D eigenvalue weighted by atomic mass is 9.98. The van der Waals surface area contributed by atoms with E-state index < -0.39 is 10.0 Å². The number of aromatic nitrogens is 2. The number of benzene rings is 2. The molecule has 0 aliphatic carbocycles. The van der Waals surface area contributed by atoms with Crippen LogP contribution >= 0.6 is 24.0 Å². The van der Waals surface area contributed by atoms with E-state index in [-0.39, 0.29) is 35.8 Å². The predicted octanol–water partition coefficient (Wildman–Crippen LogP) is 6.28. The Bertz CT molecular complexity index is 1680. The van der Waals surface area contributed by atoms with Crippen LogP contribution in [0, 0.1) is 5.92 Å². The number of amides is 1. The van der Waals surface area contributed by atoms with E-state index in [2.05, 4.69) is 6.92 Å². The minimum absolute atomic E-state index is 0.123. The summed E-state index contributed by atoms with van der Waals surface area (Å²) in [5, 5.41) is 4.85. The van der Waals surface area contributed by atoms with Gasteiger partial charge in [0.1, 0.15) is 10.0 Å². The number of sulfonamides is 1. The molecule has 9 nitrogen and oxygen atoms in total. The van der Waals surface area contributed by atoms with E-state index >= 15 is 0 Å². The molecule has 2 aliphatic rings. The number of piperidine rings is 1. The molecule has 2 aliphatic heterocycles. The summed E-state index contributed by atoms with van der Waals surface area (Å²) in [4.78, 5) is 27.9. The van der Waals surface area contributed by atoms with E-state index in [1.165, 1.54) is 16.1 Å². The topological polar surface area (TPSA) is 102 Å². The Morgan fingerprint density at radius 1 is 1.07 bits per heavy atom. The number of thiocarbonyl (C=S) groups is 1. The second-order valence-corrected chi connectivity index (χ2v) is 14.7. The fourth-order valence-electron chi connectivity index (χ4n) is 5.51. The number of para-hydroxylation sites is 1. The van der Waals surface area contributed by atoms with Crippen molar-refractivity contribution in [1.29, 1.82) is 0 Å². The second kappa shape index (κ2) is 14.8. The Balaban J connectivity index is 1.45. The molecule has 2 saturated heterocycles. The highest BCUT2D eigenvalue weighted by molar-refractivity contribution is 8.26. The fraction of sp³-hybridized carbons (Fsp3) is 0.394. The van der Waals surface area contributed by atoms with Gasteiger partial charge in [-0.3, -0.25) is 14.5 Å². The first-order valence-corrected chi connectivity index (χ1v) is 18.1. The number of nitrogens with zero attached hydrogens (tertiary/aromatic N) is 4. The molecule has 0 bridgehead atoms. The zero-order chi connectivity index (χ0) is 32.0. The maximum absolute atomic E-state index is 13.7. The summed E-state index contributed by atoms with van der Waals surface area (Å²) < 4.78 is 36.3. The molecular weight excluding hydrogens is 629 g/mol. The maximum atomic E-state index is 13.7. The average Bonchev–Trinajstić information content (AvgIpc) is 3.59. The van der Waals surface area contributed by atoms with Crippen LogP contribution in [-0.4, -0.2) is 69.8 Å². The molecule has 3 heterocycles. The summed E-state index contributed by atoms with van der Waals surface area (Å²) >= 11 is 6.84. The van der Waals surface area contributed by atoms with Gasteiger partial charge < -0.3 is 4.74 Å². The van der Waals surface area contributed by atoms with E-state index in [1.54, 1.807) is 40.8 Å². The molecule has 0 radical (unpaired) electrons. The van der Waals surface area contributed by atoms with E-state index in [0.29, 0.717) is 52.0 Å². The van der Waals surface area contributed by atoms with Crippen molar-refractivity contribution >= 4 is 56.3 Å². The van der Waals surface area contributed by atoms with Gasteiger partial charge in [-0.25, -0.2) is 13.1 Å². The van der Waals surface area contributed by atoms with E-state index in [9.17, 15) is 18.0 Å². The molecule has 3 aromatic rings. The second-order valence-electron chi connectivity index (χ2n) is 11.1. The van der Waals surface area contributed by atoms with Gasteiger partial charge >= 0.3 is 5.97 Å². The van der Waals surface area contributed by atoms with Gasteiger partial charge in [-0.05, 0) is 56.5 Å². The quantitative estimate of drug-likeness (QED) is 0.0963. The first kappa shape index (κ1) is 33.1. The molecule has 12 heteroatoms. The summed E-state index contributed by atoms with van der Waals surface area (Å²) in [6.45, 7) is 5.29. The van der Waals surface area contributed by atoms with Crippen molar-refractivity contribution in [2.45, 2.75) is 57.3 Å². The zero-order valence-electron chi connectivity index (χ0n) is 25.6. The summed E-state index contributed by atoms with van der Waals surface area (Å²) in [6.07, 6.45) is 8.65. The maximum Gasteiger partial charge on any atom is 0.309 e. The number of hydrogen-bond donors (Lipinski definition) is 0. The van der Waals surface area contributed by atoms with Gasteiger partial charge in [-0.15, -0.1) is 0 Å². The molecule has 0 N–H and O–H groups in total. The molecule has 5 rings (SSSR count). The molecule has 2 fully saturated rings. The number of unbranched alkanes of at least 4 members (excludes halogenated alkanes) is 3. The van der Waals surface area contributed by atoms with Crippen LogP contribution in [0.1, 0.15) is 57.9 Å². The largest absolute Gasteiger partial charge is 0.466 e. The lowest BCUT2D eigenvalue weighted by Gasteiger charge is -2.30. The Hall–Kier alpha value is -3.32. The van der Waals surface area contributed by atoms with Gasteiger partial charge in [0, 0.05) is 37.0 Å². The number of carbonyl (C=O) groups is 2. The van der Waals surface area contributed by atoms with Gasteiger partial charge in [-0.1, -0.05) is 80.5 Å². The Kier molecular flexibility index (Phi) is 10.9. The number of rotatable bonds is 12. The normalized spacial score (nSPS) is 17.4. The molecule has 0 spiro atoms. The number of ether oxygens (including phenoxy) is 1. The third kappa shape index (κ3) is 7.57. The molecule has 1 amide bonds. The highest BCUT2D eigenvalue weighted by atomic mass is 32.2. The van der Waals surface area contributed by atoms with Gasteiger partial charge in [-0.2, -0.15) is 9.40 Å². The van der Waals surface area contributed by atoms with E-state index in [1.807, 2.05) is 42.6 Å². The number of esters is 1. The van der Waals surface area contributed by atoms with Crippen LogP contribution < -0.4 is 0 Å². The van der Waals surface area contributed by atoms with Crippen molar-refractivity contribution in [3.8, 4) is 16.9 Å². The van der Waals surface area contributed by atoms with Crippen LogP contribution in [0.2, 0.25) is 0 Å². The Morgan fingerprint density at radius 2 is 1.82 bits per heavy atom. The lowest BCUT2D eigenvalue weighted by molar-refractivity contribution is -0.149. The third-order valence-electron chi connectivity index (χ3n) is 7.98. The average molecular weight is 667 g/mol. The fourth-order valence-corrected chi connectivity index (χ4v) is 8.32. The monoisotopic (exact) mass is 666 g/mol. The van der Waals surface area contributed by atoms with Crippen LogP contribution in [0.4, 0.5) is 0 Å². The van der Waals surface area contributed by atoms with Crippen LogP contribution in [0.15, 0.2) is 70.6 Å². The molecular formula is C33H38N4O5S3. The summed E-state index contributed by atoms with van der Waals surface area (Å²) in [5.41, 5.74) is 2.66. The van der Waals surface area contributed by atoms with Gasteiger partial charge in [0.2, 0.25) is 10.0 Å². The molecule has 1 aromatic heterocycles. The highest BCUT2D eigenvalue weighted by Crippen LogP contribution is 2.36. The van der Waals surface area contributed by atoms with E-state index in [0.717, 1.165) is 31.4 Å². The number of hydrogen-bond acceptors (Lipinski definition) is 8. The zero-order valence-corrected chi connectivity index (χ0v) is 28.0. The molecule has 0 saturated carbocycles. The highest BCUT2D eigenvalue weighted by Gasteiger charge is 2.34. The smallest absolute Gasteiger partial charge is 0.309 e. The van der Waals surface area contributed by atoms with Crippen molar-refractivity contribution in [3.05, 3.63) is 71.3 Å². The minimum atomic E-state index is -3.82. The van der Waals surface area contributed by atoms with Crippen LogP contribution in [0.25, 0.3) is 23.0 Å². The van der Waals surface area contributed by atoms with Crippen molar-refractivity contribution in [3.63, 3.8) is 0 Å². The van der Waals surface area contributed by atoms with Crippen molar-refractivity contribution in [1.82, 2.24) is 19.0 Å². The van der Waals surface area contributed by atoms with Crippen molar-refractivity contribution in [2.75, 3.05) is 26.2 Å². The van der Waals surface area contributed by atoms with Gasteiger partial charge in [0.05, 0.1) is 28.0 Å². The van der Waals surface area contributed by atoms with E-state index in [4.69, 9.17) is 22.1 Å². The van der Waals surface area contributed by atoms with Crippen LogP contribution in [0.3, 0.4) is 0 Å². The Labute approximate surface area is 274 Å². The lowest BCUT2D eigenvalue weighted by Crippen LogP contribution is -2.40. The Morgan fingerprint density at radius 3 is 2.53 bits per heavy atom. The van der Waals surface area contributed by atoms with Gasteiger partial charge in [0.25, 0.3) is 5.91 Å². The summed E-state index contributed by atoms with van der Waals surface area (Å²) in [7, 11) is -3.82. The summed E-state index contributed by atoms with van der Waals surface area (Å²) in [6, 6.07) is 16.3. The molecule has 238 valence electrons. The molecule has 45 heavy (non-hydrogen) atoms. The third-order valence-corrected chi connectivity index (χ3v) is 11.3. The standard InChI is InChI=1S/C33H38N4O5S3/c1-3-5-6-10-18-36-31(38)29(44-33(36)43)22-26-23-37(27-13-8-7-9-14-27)34-30(26)25-12-11-15-28(21-25)45(40,41)35-19-16-24(17-20-35)32(39)42-4-2/h7-9,11-15,21-24H,3-6,10,16-20H2,1-2H3. The SMILES string of the molecule is CCCCCCN1C(=O)C(=Cc2cn(-c3ccccc3)nc2-c2cccc(S(=O)(=O)N3CCC(C(=O)OCC)CC3)c2)SC1=S. The minimum Gasteiger partial charge on any atom is -0.466 e. The van der Waals surface area contributed by atoms with Crippen LogP contribution in [0.5, 0.6) is 0 Å². The van der Waals surface area contributed by atoms with Crippen LogP contribution in [-0.2, 0) is 24.3 Å². The van der Waals surface area contributed by atoms with Crippen molar-refractivity contribution in [2.24, 2.45) is 5.92 Å². The molecule has 0 atom stereocenters. The summed E-state index contributed by atoms with van der Waals surface area (Å²) in [5.74, 6) is -0.689. The molecule has 2 aromatic carbocycles. The number of carbonyl (C=O) groups excluding carboxylic acids is 2. The number of thioether (sulfide) groups is 1. The van der Waals surface area contributed by atoms with Crippen molar-refractivity contribution < 1.29 is 22.7 Å². The molecule has 0 unspecified atom stereocenters. The first-order chi connectivity index (χ1) is 21.7. The predicted molar refractivity (Wildman–Crippen MR) is 181 cm³/mol. The van der Waals surface area contributed by atoms with Gasteiger partial charge in [0.15, 0.2) is 0 Å².